The van der Waals surface area contributed by atoms with Crippen LogP contribution in [-0.4, -0.2) is 5.78 Å². The lowest BCUT2D eigenvalue weighted by molar-refractivity contribution is 0.0897. The molecule has 0 bridgehead atoms. The number of rotatable bonds is 4. The molecule has 0 aliphatic carbocycles. The maximum Gasteiger partial charge on any atom is 0.200 e. The second kappa shape index (κ2) is 4.23. The number of carbonyl (C=O) groups excluding carboxylic acids is 1. The van der Waals surface area contributed by atoms with Gasteiger partial charge in [-0.2, -0.15) is 0 Å². The number of ketones is 1. The predicted molar refractivity (Wildman–Crippen MR) is 50.4 cm³/mol. The average molecular weight is 181 g/mol. The van der Waals surface area contributed by atoms with Gasteiger partial charge in [-0.3, -0.25) is 4.79 Å². The topological polar surface area (TPSA) is 56.2 Å². The molecule has 1 atom stereocenters. The first-order valence-corrected chi connectivity index (χ1v) is 4.52. The highest BCUT2D eigenvalue weighted by atomic mass is 16.3. The van der Waals surface area contributed by atoms with E-state index in [4.69, 9.17) is 10.2 Å². The fourth-order valence-corrected chi connectivity index (χ4v) is 1.05. The molecule has 0 radical (unpaired) electrons. The van der Waals surface area contributed by atoms with Gasteiger partial charge in [0.2, 0.25) is 5.78 Å². The van der Waals surface area contributed by atoms with Crippen LogP contribution in [0.2, 0.25) is 0 Å². The fraction of sp³-hybridized carbons (Fsp3) is 0.500. The third kappa shape index (κ3) is 2.18. The molecule has 0 fully saturated rings. The summed E-state index contributed by atoms with van der Waals surface area (Å²) in [4.78, 5) is 11.6. The van der Waals surface area contributed by atoms with Crippen LogP contribution in [0.4, 0.5) is 0 Å². The third-order valence-electron chi connectivity index (χ3n) is 2.17. The Morgan fingerprint density at radius 2 is 2.31 bits per heavy atom. The third-order valence-corrected chi connectivity index (χ3v) is 2.17. The lowest BCUT2D eigenvalue weighted by Gasteiger charge is -2.03. The van der Waals surface area contributed by atoms with Crippen molar-refractivity contribution in [3.63, 3.8) is 0 Å². The minimum atomic E-state index is 0.0248. The molecule has 1 unspecified atom stereocenters. The Labute approximate surface area is 77.9 Å². The summed E-state index contributed by atoms with van der Waals surface area (Å²) in [5.41, 5.74) is 5.37. The summed E-state index contributed by atoms with van der Waals surface area (Å²) in [6.45, 7) is 4.22. The number of carbonyl (C=O) groups is 1. The molecule has 0 aromatic carbocycles. The first-order chi connectivity index (χ1) is 6.19. The van der Waals surface area contributed by atoms with Crippen LogP contribution >= 0.6 is 0 Å². The van der Waals surface area contributed by atoms with Crippen LogP contribution in [0.3, 0.4) is 0 Å². The van der Waals surface area contributed by atoms with E-state index >= 15 is 0 Å². The Morgan fingerprint density at radius 3 is 2.77 bits per heavy atom. The maximum atomic E-state index is 11.6. The van der Waals surface area contributed by atoms with E-state index in [1.54, 1.807) is 12.1 Å². The highest BCUT2D eigenvalue weighted by Crippen LogP contribution is 2.14. The molecule has 1 aromatic rings. The van der Waals surface area contributed by atoms with Gasteiger partial charge >= 0.3 is 0 Å². The molecule has 72 valence electrons. The SMILES string of the molecule is CCC(C)C(=O)c1ccc(CN)o1. The molecular weight excluding hydrogens is 166 g/mol. The van der Waals surface area contributed by atoms with Gasteiger partial charge in [-0.15, -0.1) is 0 Å². The van der Waals surface area contributed by atoms with Crippen LogP contribution in [0.25, 0.3) is 0 Å². The Morgan fingerprint density at radius 1 is 1.62 bits per heavy atom. The van der Waals surface area contributed by atoms with Gasteiger partial charge in [-0.05, 0) is 18.6 Å². The van der Waals surface area contributed by atoms with Crippen LogP contribution in [0, 0.1) is 5.92 Å². The second-order valence-electron chi connectivity index (χ2n) is 3.14. The lowest BCUT2D eigenvalue weighted by atomic mass is 10.0. The van der Waals surface area contributed by atoms with E-state index < -0.39 is 0 Å². The maximum absolute atomic E-state index is 11.6. The molecule has 0 aliphatic heterocycles. The van der Waals surface area contributed by atoms with Crippen LogP contribution in [0.5, 0.6) is 0 Å². The Balaban J connectivity index is 2.77. The highest BCUT2D eigenvalue weighted by molar-refractivity contribution is 5.95. The van der Waals surface area contributed by atoms with Crippen LogP contribution < -0.4 is 5.73 Å². The van der Waals surface area contributed by atoms with Crippen molar-refractivity contribution in [2.45, 2.75) is 26.8 Å². The van der Waals surface area contributed by atoms with Gasteiger partial charge in [0, 0.05) is 5.92 Å². The monoisotopic (exact) mass is 181 g/mol. The van der Waals surface area contributed by atoms with E-state index in [9.17, 15) is 4.79 Å². The van der Waals surface area contributed by atoms with Crippen molar-refractivity contribution in [2.24, 2.45) is 11.7 Å². The molecule has 1 aromatic heterocycles. The predicted octanol–water partition coefficient (Wildman–Crippen LogP) is 1.97. The van der Waals surface area contributed by atoms with E-state index in [0.717, 1.165) is 6.42 Å². The molecular formula is C10H15NO2. The van der Waals surface area contributed by atoms with Gasteiger partial charge in [-0.25, -0.2) is 0 Å². The Kier molecular flexibility index (Phi) is 3.25. The Bertz CT molecular complexity index is 291. The van der Waals surface area contributed by atoms with E-state index in [0.29, 0.717) is 18.1 Å². The van der Waals surface area contributed by atoms with Crippen molar-refractivity contribution >= 4 is 5.78 Å². The first-order valence-electron chi connectivity index (χ1n) is 4.52. The minimum Gasteiger partial charge on any atom is -0.457 e. The summed E-state index contributed by atoms with van der Waals surface area (Å²) in [6.07, 6.45) is 0.831. The molecule has 13 heavy (non-hydrogen) atoms. The summed E-state index contributed by atoms with van der Waals surface area (Å²) in [7, 11) is 0. The summed E-state index contributed by atoms with van der Waals surface area (Å²) in [6, 6.07) is 3.44. The zero-order valence-electron chi connectivity index (χ0n) is 8.04. The van der Waals surface area contributed by atoms with E-state index in [2.05, 4.69) is 0 Å². The summed E-state index contributed by atoms with van der Waals surface area (Å²) >= 11 is 0. The van der Waals surface area contributed by atoms with E-state index in [1.807, 2.05) is 13.8 Å². The van der Waals surface area contributed by atoms with Crippen molar-refractivity contribution in [2.75, 3.05) is 0 Å². The molecule has 1 heterocycles. The molecule has 0 amide bonds. The molecule has 0 saturated heterocycles. The normalized spacial score (nSPS) is 12.8. The molecule has 0 spiro atoms. The first kappa shape index (κ1) is 9.99. The lowest BCUT2D eigenvalue weighted by Crippen LogP contribution is -2.08. The largest absolute Gasteiger partial charge is 0.457 e. The highest BCUT2D eigenvalue weighted by Gasteiger charge is 2.16. The minimum absolute atomic E-state index is 0.0248. The number of hydrogen-bond donors (Lipinski definition) is 1. The number of Topliss-reactive ketones (excluding diaryl/α,β-unsaturated/α-hetero) is 1. The number of nitrogens with two attached hydrogens (primary N) is 1. The van der Waals surface area contributed by atoms with Crippen molar-refractivity contribution < 1.29 is 9.21 Å². The number of furan rings is 1. The zero-order valence-corrected chi connectivity index (χ0v) is 8.04. The van der Waals surface area contributed by atoms with Crippen LogP contribution in [0.1, 0.15) is 36.6 Å². The van der Waals surface area contributed by atoms with Gasteiger partial charge in [0.05, 0.1) is 6.54 Å². The average Bonchev–Trinajstić information content (AvgIpc) is 2.63. The molecule has 0 saturated carbocycles. The van der Waals surface area contributed by atoms with Gasteiger partial charge < -0.3 is 10.2 Å². The van der Waals surface area contributed by atoms with Gasteiger partial charge in [0.15, 0.2) is 5.76 Å². The van der Waals surface area contributed by atoms with Crippen LogP contribution in [0.15, 0.2) is 16.5 Å². The number of hydrogen-bond acceptors (Lipinski definition) is 3. The second-order valence-corrected chi connectivity index (χ2v) is 3.14. The molecule has 2 N–H and O–H groups in total. The molecule has 3 heteroatoms. The molecule has 3 nitrogen and oxygen atoms in total. The zero-order chi connectivity index (χ0) is 9.84. The quantitative estimate of drug-likeness (QED) is 0.722. The molecule has 0 aliphatic rings. The summed E-state index contributed by atoms with van der Waals surface area (Å²) in [5, 5.41) is 0. The van der Waals surface area contributed by atoms with Crippen molar-refractivity contribution in [1.29, 1.82) is 0 Å². The van der Waals surface area contributed by atoms with E-state index in [1.165, 1.54) is 0 Å². The summed E-state index contributed by atoms with van der Waals surface area (Å²) < 4.78 is 5.24. The smallest absolute Gasteiger partial charge is 0.200 e. The Hall–Kier alpha value is -1.09. The summed E-state index contributed by atoms with van der Waals surface area (Å²) in [5.74, 6) is 1.17. The fourth-order valence-electron chi connectivity index (χ4n) is 1.05. The van der Waals surface area contributed by atoms with Crippen molar-refractivity contribution in [3.8, 4) is 0 Å². The van der Waals surface area contributed by atoms with Crippen LogP contribution in [-0.2, 0) is 6.54 Å². The van der Waals surface area contributed by atoms with Gasteiger partial charge in [0.1, 0.15) is 5.76 Å². The molecule has 1 rings (SSSR count). The van der Waals surface area contributed by atoms with E-state index in [-0.39, 0.29) is 11.7 Å². The van der Waals surface area contributed by atoms with Gasteiger partial charge in [0.25, 0.3) is 0 Å². The van der Waals surface area contributed by atoms with Crippen molar-refractivity contribution in [3.05, 3.63) is 23.7 Å². The van der Waals surface area contributed by atoms with Crippen molar-refractivity contribution in [1.82, 2.24) is 0 Å². The van der Waals surface area contributed by atoms with Gasteiger partial charge in [-0.1, -0.05) is 13.8 Å². The standard InChI is InChI=1S/C10H15NO2/c1-3-7(2)10(12)9-5-4-8(6-11)13-9/h4-5,7H,3,6,11H2,1-2H3.